The lowest BCUT2D eigenvalue weighted by molar-refractivity contribution is 0.481. The molecule has 0 aliphatic heterocycles. The molecule has 0 aliphatic carbocycles. The third-order valence-corrected chi connectivity index (χ3v) is 3.14. The zero-order valence-corrected chi connectivity index (χ0v) is 10.2. The van der Waals surface area contributed by atoms with E-state index in [-0.39, 0.29) is 0 Å². The van der Waals surface area contributed by atoms with Gasteiger partial charge in [0.25, 0.3) is 0 Å². The van der Waals surface area contributed by atoms with Crippen LogP contribution >= 0.6 is 11.6 Å². The lowest BCUT2D eigenvalue weighted by atomic mass is 10.0. The molecule has 0 saturated heterocycles. The molecule has 18 heavy (non-hydrogen) atoms. The van der Waals surface area contributed by atoms with E-state index in [1.807, 2.05) is 0 Å². The Morgan fingerprint density at radius 3 is 2.44 bits per heavy atom. The maximum absolute atomic E-state index is 13.6. The zero-order valence-electron chi connectivity index (χ0n) is 9.42. The van der Waals surface area contributed by atoms with Crippen LogP contribution in [0, 0.1) is 24.4 Å². The van der Waals surface area contributed by atoms with E-state index in [2.05, 4.69) is 4.98 Å². The van der Waals surface area contributed by atoms with Crippen molar-refractivity contribution in [3.05, 3.63) is 64.7 Å². The van der Waals surface area contributed by atoms with Gasteiger partial charge in [-0.25, -0.2) is 13.2 Å². The van der Waals surface area contributed by atoms with Crippen LogP contribution in [0.5, 0.6) is 0 Å². The van der Waals surface area contributed by atoms with Crippen LogP contribution in [0.15, 0.2) is 30.6 Å². The van der Waals surface area contributed by atoms with Crippen molar-refractivity contribution in [1.82, 2.24) is 4.98 Å². The van der Waals surface area contributed by atoms with Crippen molar-refractivity contribution in [2.75, 3.05) is 0 Å². The van der Waals surface area contributed by atoms with E-state index in [0.717, 1.165) is 17.7 Å². The summed E-state index contributed by atoms with van der Waals surface area (Å²) in [5.41, 5.74) is 0.684. The number of hydrogen-bond acceptors (Lipinski definition) is 1. The SMILES string of the molecule is Cc1ccncc1C(Cl)c1c(F)ccc(F)c1F. The minimum Gasteiger partial charge on any atom is -0.264 e. The molecule has 1 unspecified atom stereocenters. The third kappa shape index (κ3) is 2.20. The van der Waals surface area contributed by atoms with Crippen LogP contribution < -0.4 is 0 Å². The van der Waals surface area contributed by atoms with Gasteiger partial charge >= 0.3 is 0 Å². The average Bonchev–Trinajstić information content (AvgIpc) is 2.35. The van der Waals surface area contributed by atoms with E-state index in [1.54, 1.807) is 19.2 Å². The van der Waals surface area contributed by atoms with E-state index in [4.69, 9.17) is 11.6 Å². The first-order valence-corrected chi connectivity index (χ1v) is 5.64. The van der Waals surface area contributed by atoms with Crippen molar-refractivity contribution in [3.63, 3.8) is 0 Å². The first-order valence-electron chi connectivity index (χ1n) is 5.20. The summed E-state index contributed by atoms with van der Waals surface area (Å²) >= 11 is 6.03. The normalized spacial score (nSPS) is 12.5. The number of alkyl halides is 1. The Morgan fingerprint density at radius 2 is 1.78 bits per heavy atom. The first-order chi connectivity index (χ1) is 8.52. The van der Waals surface area contributed by atoms with Crippen LogP contribution in [0.2, 0.25) is 0 Å². The predicted molar refractivity (Wildman–Crippen MR) is 63.0 cm³/mol. The molecule has 0 fully saturated rings. The Hall–Kier alpha value is -1.55. The Kier molecular flexibility index (Phi) is 3.57. The monoisotopic (exact) mass is 271 g/mol. The Morgan fingerprint density at radius 1 is 1.11 bits per heavy atom. The second kappa shape index (κ2) is 4.98. The van der Waals surface area contributed by atoms with Gasteiger partial charge in [0, 0.05) is 18.0 Å². The number of halogens is 4. The van der Waals surface area contributed by atoms with Gasteiger partial charge in [-0.3, -0.25) is 4.98 Å². The number of aromatic nitrogens is 1. The molecule has 1 atom stereocenters. The van der Waals surface area contributed by atoms with Gasteiger partial charge < -0.3 is 0 Å². The molecule has 0 saturated carbocycles. The lowest BCUT2D eigenvalue weighted by Crippen LogP contribution is -2.05. The van der Waals surface area contributed by atoms with Crippen molar-refractivity contribution in [3.8, 4) is 0 Å². The van der Waals surface area contributed by atoms with E-state index < -0.39 is 28.4 Å². The molecule has 0 spiro atoms. The van der Waals surface area contributed by atoms with E-state index in [0.29, 0.717) is 5.56 Å². The molecule has 0 amide bonds. The minimum absolute atomic E-state index is 0.447. The van der Waals surface area contributed by atoms with Gasteiger partial charge in [0.05, 0.1) is 5.38 Å². The van der Waals surface area contributed by atoms with E-state index in [9.17, 15) is 13.2 Å². The molecule has 2 aromatic rings. The predicted octanol–water partition coefficient (Wildman–Crippen LogP) is 4.14. The Balaban J connectivity index is 2.56. The van der Waals surface area contributed by atoms with E-state index >= 15 is 0 Å². The van der Waals surface area contributed by atoms with Gasteiger partial charge in [0.2, 0.25) is 0 Å². The van der Waals surface area contributed by atoms with Crippen LogP contribution in [0.3, 0.4) is 0 Å². The number of benzene rings is 1. The fourth-order valence-corrected chi connectivity index (χ4v) is 2.10. The Bertz CT molecular complexity index is 586. The largest absolute Gasteiger partial charge is 0.264 e. The summed E-state index contributed by atoms with van der Waals surface area (Å²) < 4.78 is 40.3. The number of aryl methyl sites for hydroxylation is 1. The van der Waals surface area contributed by atoms with Crippen LogP contribution in [-0.4, -0.2) is 4.98 Å². The van der Waals surface area contributed by atoms with Crippen LogP contribution in [0.1, 0.15) is 22.1 Å². The highest BCUT2D eigenvalue weighted by atomic mass is 35.5. The zero-order chi connectivity index (χ0) is 13.3. The third-order valence-electron chi connectivity index (χ3n) is 2.69. The summed E-state index contributed by atoms with van der Waals surface area (Å²) in [4.78, 5) is 3.85. The van der Waals surface area contributed by atoms with Crippen molar-refractivity contribution >= 4 is 11.6 Å². The maximum Gasteiger partial charge on any atom is 0.166 e. The summed E-state index contributed by atoms with van der Waals surface area (Å²) in [6, 6.07) is 3.25. The minimum atomic E-state index is -1.27. The molecule has 1 nitrogen and oxygen atoms in total. The second-order valence-electron chi connectivity index (χ2n) is 3.85. The number of rotatable bonds is 2. The summed E-state index contributed by atoms with van der Waals surface area (Å²) in [7, 11) is 0. The van der Waals surface area contributed by atoms with Gasteiger partial charge in [-0.2, -0.15) is 0 Å². The van der Waals surface area contributed by atoms with Crippen molar-refractivity contribution in [2.45, 2.75) is 12.3 Å². The summed E-state index contributed by atoms with van der Waals surface area (Å²) in [6.07, 6.45) is 2.96. The first kappa shape index (κ1) is 12.9. The number of hydrogen-bond donors (Lipinski definition) is 0. The number of nitrogens with zero attached hydrogens (tertiary/aromatic N) is 1. The van der Waals surface area contributed by atoms with Crippen molar-refractivity contribution < 1.29 is 13.2 Å². The van der Waals surface area contributed by atoms with Crippen LogP contribution in [0.4, 0.5) is 13.2 Å². The molecule has 94 valence electrons. The standard InChI is InChI=1S/C13H9ClF3N/c1-7-4-5-18-6-8(7)12(14)11-9(15)2-3-10(16)13(11)17/h2-6,12H,1H3. The smallest absolute Gasteiger partial charge is 0.166 e. The molecule has 1 aromatic carbocycles. The highest BCUT2D eigenvalue weighted by Gasteiger charge is 2.23. The van der Waals surface area contributed by atoms with Crippen LogP contribution in [-0.2, 0) is 0 Å². The molecule has 0 N–H and O–H groups in total. The molecular formula is C13H9ClF3N. The van der Waals surface area contributed by atoms with Gasteiger partial charge in [0.1, 0.15) is 5.82 Å². The van der Waals surface area contributed by atoms with E-state index in [1.165, 1.54) is 6.20 Å². The fourth-order valence-electron chi connectivity index (χ4n) is 1.67. The molecule has 0 radical (unpaired) electrons. The van der Waals surface area contributed by atoms with Gasteiger partial charge in [-0.1, -0.05) is 0 Å². The van der Waals surface area contributed by atoms with Gasteiger partial charge in [0.15, 0.2) is 11.6 Å². The molecular weight excluding hydrogens is 263 g/mol. The highest BCUT2D eigenvalue weighted by molar-refractivity contribution is 6.22. The summed E-state index contributed by atoms with van der Waals surface area (Å²) in [5, 5.41) is -1.12. The molecule has 5 heteroatoms. The van der Waals surface area contributed by atoms with Gasteiger partial charge in [-0.15, -0.1) is 11.6 Å². The second-order valence-corrected chi connectivity index (χ2v) is 4.29. The average molecular weight is 272 g/mol. The number of pyridine rings is 1. The van der Waals surface area contributed by atoms with Crippen molar-refractivity contribution in [1.29, 1.82) is 0 Å². The fraction of sp³-hybridized carbons (Fsp3) is 0.154. The highest BCUT2D eigenvalue weighted by Crippen LogP contribution is 2.34. The van der Waals surface area contributed by atoms with Gasteiger partial charge in [-0.05, 0) is 36.2 Å². The molecule has 2 rings (SSSR count). The topological polar surface area (TPSA) is 12.9 Å². The van der Waals surface area contributed by atoms with Crippen molar-refractivity contribution in [2.24, 2.45) is 0 Å². The molecule has 1 heterocycles. The molecule has 0 bridgehead atoms. The quantitative estimate of drug-likeness (QED) is 0.591. The molecule has 0 aliphatic rings. The van der Waals surface area contributed by atoms with Crippen LogP contribution in [0.25, 0.3) is 0 Å². The summed E-state index contributed by atoms with van der Waals surface area (Å²) in [6.45, 7) is 1.74. The maximum atomic E-state index is 13.6. The summed E-state index contributed by atoms with van der Waals surface area (Å²) in [5.74, 6) is -3.27. The molecule has 1 aromatic heterocycles. The Labute approximate surface area is 107 Å². The lowest BCUT2D eigenvalue weighted by Gasteiger charge is -2.14.